The van der Waals surface area contributed by atoms with Crippen molar-refractivity contribution in [2.45, 2.75) is 25.6 Å². The van der Waals surface area contributed by atoms with E-state index in [0.29, 0.717) is 0 Å². The summed E-state index contributed by atoms with van der Waals surface area (Å²) in [5.74, 6) is -2.03. The summed E-state index contributed by atoms with van der Waals surface area (Å²) in [7, 11) is 0. The van der Waals surface area contributed by atoms with Crippen molar-refractivity contribution in [1.82, 2.24) is 5.32 Å². The Kier molecular flexibility index (Phi) is 4.70. The maximum Gasteiger partial charge on any atom is 0.471 e. The molecule has 0 fully saturated rings. The van der Waals surface area contributed by atoms with Crippen molar-refractivity contribution in [2.75, 3.05) is 0 Å². The van der Waals surface area contributed by atoms with Crippen molar-refractivity contribution in [3.05, 3.63) is 12.2 Å². The van der Waals surface area contributed by atoms with Crippen LogP contribution in [-0.2, 0) is 4.79 Å². The van der Waals surface area contributed by atoms with Gasteiger partial charge in [0, 0.05) is 0 Å². The predicted molar refractivity (Wildman–Crippen MR) is 43.0 cm³/mol. The lowest BCUT2D eigenvalue weighted by atomic mass is 10.2. The molecule has 0 aromatic rings. The Bertz CT molecular complexity index is 265. The first-order valence-corrected chi connectivity index (χ1v) is 3.79. The first-order valence-electron chi connectivity index (χ1n) is 3.79. The summed E-state index contributed by atoms with van der Waals surface area (Å²) in [5, 5.41) is 9.95. The number of nitriles is 1. The van der Waals surface area contributed by atoms with Gasteiger partial charge in [-0.3, -0.25) is 4.79 Å². The molecule has 3 nitrogen and oxygen atoms in total. The molecule has 0 rings (SSSR count). The number of alkyl halides is 3. The molecule has 0 unspecified atom stereocenters. The Morgan fingerprint density at radius 1 is 1.64 bits per heavy atom. The molecule has 0 aliphatic rings. The monoisotopic (exact) mass is 206 g/mol. The molecule has 0 saturated carbocycles. The van der Waals surface area contributed by atoms with Crippen LogP contribution in [0.25, 0.3) is 0 Å². The quantitative estimate of drug-likeness (QED) is 0.712. The van der Waals surface area contributed by atoms with Gasteiger partial charge in [-0.1, -0.05) is 12.2 Å². The summed E-state index contributed by atoms with van der Waals surface area (Å²) in [6, 6.07) is 0.786. The molecular formula is C8H9F3N2O. The van der Waals surface area contributed by atoms with Crippen LogP contribution in [0, 0.1) is 11.3 Å². The minimum Gasteiger partial charge on any atom is -0.341 e. The lowest BCUT2D eigenvalue weighted by Gasteiger charge is -2.12. The molecule has 1 amide bonds. The number of halogens is 3. The van der Waals surface area contributed by atoms with Crippen molar-refractivity contribution >= 4 is 5.91 Å². The number of hydrogen-bond acceptors (Lipinski definition) is 2. The molecule has 6 heteroatoms. The van der Waals surface area contributed by atoms with E-state index >= 15 is 0 Å². The summed E-state index contributed by atoms with van der Waals surface area (Å²) in [6.07, 6.45) is -2.30. The SMILES string of the molecule is C/C=C/[C@H](CC#N)NC(=O)C(F)(F)F. The van der Waals surface area contributed by atoms with Crippen molar-refractivity contribution in [2.24, 2.45) is 0 Å². The predicted octanol–water partition coefficient (Wildman–Crippen LogP) is 1.52. The Balaban J connectivity index is 4.32. The van der Waals surface area contributed by atoms with E-state index in [4.69, 9.17) is 5.26 Å². The molecule has 78 valence electrons. The lowest BCUT2D eigenvalue weighted by Crippen LogP contribution is -2.42. The third-order valence-corrected chi connectivity index (χ3v) is 1.31. The average molecular weight is 206 g/mol. The van der Waals surface area contributed by atoms with Gasteiger partial charge in [0.2, 0.25) is 0 Å². The Labute approximate surface area is 79.2 Å². The second-order valence-corrected chi connectivity index (χ2v) is 2.47. The van der Waals surface area contributed by atoms with Gasteiger partial charge in [0.05, 0.1) is 18.5 Å². The first-order chi connectivity index (χ1) is 6.41. The fourth-order valence-electron chi connectivity index (χ4n) is 0.748. The molecule has 1 N–H and O–H groups in total. The maximum atomic E-state index is 11.8. The highest BCUT2D eigenvalue weighted by atomic mass is 19.4. The molecule has 0 spiro atoms. The van der Waals surface area contributed by atoms with Crippen LogP contribution in [0.5, 0.6) is 0 Å². The van der Waals surface area contributed by atoms with E-state index < -0.39 is 18.1 Å². The van der Waals surface area contributed by atoms with Crippen molar-refractivity contribution < 1.29 is 18.0 Å². The van der Waals surface area contributed by atoms with Gasteiger partial charge < -0.3 is 5.32 Å². The van der Waals surface area contributed by atoms with E-state index in [1.54, 1.807) is 18.3 Å². The van der Waals surface area contributed by atoms with Gasteiger partial charge in [0.1, 0.15) is 0 Å². The summed E-state index contributed by atoms with van der Waals surface area (Å²) in [6.45, 7) is 1.59. The normalized spacial score (nSPS) is 13.6. The number of nitrogens with zero attached hydrogens (tertiary/aromatic N) is 1. The fourth-order valence-corrected chi connectivity index (χ4v) is 0.748. The first kappa shape index (κ1) is 12.5. The summed E-state index contributed by atoms with van der Waals surface area (Å²) in [4.78, 5) is 10.4. The molecular weight excluding hydrogens is 197 g/mol. The average Bonchev–Trinajstić information content (AvgIpc) is 2.03. The molecule has 0 bridgehead atoms. The van der Waals surface area contributed by atoms with Crippen LogP contribution >= 0.6 is 0 Å². The standard InChI is InChI=1S/C8H9F3N2O/c1-2-3-6(4-5-12)13-7(14)8(9,10)11/h2-3,6H,4H2,1H3,(H,13,14)/b3-2+/t6-/m1/s1. The fraction of sp³-hybridized carbons (Fsp3) is 0.500. The van der Waals surface area contributed by atoms with Gasteiger partial charge in [-0.25, -0.2) is 0 Å². The topological polar surface area (TPSA) is 52.9 Å². The van der Waals surface area contributed by atoms with Crippen LogP contribution in [0.4, 0.5) is 13.2 Å². The third-order valence-electron chi connectivity index (χ3n) is 1.31. The number of carbonyl (C=O) groups is 1. The van der Waals surface area contributed by atoms with Gasteiger partial charge in [-0.05, 0) is 6.92 Å². The van der Waals surface area contributed by atoms with Crippen LogP contribution < -0.4 is 5.32 Å². The minimum atomic E-state index is -4.91. The largest absolute Gasteiger partial charge is 0.471 e. The summed E-state index contributed by atoms with van der Waals surface area (Å²) >= 11 is 0. The zero-order valence-electron chi connectivity index (χ0n) is 7.43. The van der Waals surface area contributed by atoms with Crippen LogP contribution in [0.1, 0.15) is 13.3 Å². The summed E-state index contributed by atoms with van der Waals surface area (Å²) in [5.41, 5.74) is 0. The Hall–Kier alpha value is -1.51. The van der Waals surface area contributed by atoms with Crippen LogP contribution in [0.2, 0.25) is 0 Å². The van der Waals surface area contributed by atoms with Gasteiger partial charge in [0.25, 0.3) is 0 Å². The smallest absolute Gasteiger partial charge is 0.341 e. The number of amides is 1. The number of hydrogen-bond donors (Lipinski definition) is 1. The van der Waals surface area contributed by atoms with E-state index in [1.165, 1.54) is 12.2 Å². The van der Waals surface area contributed by atoms with Crippen LogP contribution in [0.3, 0.4) is 0 Å². The van der Waals surface area contributed by atoms with E-state index in [2.05, 4.69) is 0 Å². The highest BCUT2D eigenvalue weighted by Gasteiger charge is 2.39. The Morgan fingerprint density at radius 3 is 2.57 bits per heavy atom. The van der Waals surface area contributed by atoms with Crippen LogP contribution in [0.15, 0.2) is 12.2 Å². The zero-order valence-corrected chi connectivity index (χ0v) is 7.43. The molecule has 0 aromatic carbocycles. The second-order valence-electron chi connectivity index (χ2n) is 2.47. The third kappa shape index (κ3) is 4.50. The number of rotatable bonds is 3. The highest BCUT2D eigenvalue weighted by Crippen LogP contribution is 2.14. The van der Waals surface area contributed by atoms with E-state index in [0.717, 1.165) is 0 Å². The van der Waals surface area contributed by atoms with Crippen molar-refractivity contribution in [3.63, 3.8) is 0 Å². The lowest BCUT2D eigenvalue weighted by molar-refractivity contribution is -0.174. The van der Waals surface area contributed by atoms with Crippen molar-refractivity contribution in [1.29, 1.82) is 5.26 Å². The van der Waals surface area contributed by atoms with Gasteiger partial charge in [-0.2, -0.15) is 18.4 Å². The summed E-state index contributed by atoms with van der Waals surface area (Å²) < 4.78 is 35.3. The molecule has 0 aromatic heterocycles. The molecule has 0 heterocycles. The molecule has 0 saturated heterocycles. The minimum absolute atomic E-state index is 0.188. The van der Waals surface area contributed by atoms with E-state index in [-0.39, 0.29) is 6.42 Å². The molecule has 14 heavy (non-hydrogen) atoms. The zero-order chi connectivity index (χ0) is 11.2. The molecule has 0 radical (unpaired) electrons. The number of nitrogens with one attached hydrogen (secondary N) is 1. The highest BCUT2D eigenvalue weighted by molar-refractivity contribution is 5.82. The van der Waals surface area contributed by atoms with Gasteiger partial charge in [-0.15, -0.1) is 0 Å². The van der Waals surface area contributed by atoms with Gasteiger partial charge >= 0.3 is 12.1 Å². The number of allylic oxidation sites excluding steroid dienone is 1. The Morgan fingerprint density at radius 2 is 2.21 bits per heavy atom. The van der Waals surface area contributed by atoms with E-state index in [1.807, 2.05) is 0 Å². The molecule has 0 aliphatic carbocycles. The van der Waals surface area contributed by atoms with Crippen LogP contribution in [-0.4, -0.2) is 18.1 Å². The molecule has 1 atom stereocenters. The second kappa shape index (κ2) is 5.27. The molecule has 0 aliphatic heterocycles. The van der Waals surface area contributed by atoms with Crippen molar-refractivity contribution in [3.8, 4) is 6.07 Å². The van der Waals surface area contributed by atoms with E-state index in [9.17, 15) is 18.0 Å². The number of carbonyl (C=O) groups excluding carboxylic acids is 1. The van der Waals surface area contributed by atoms with Gasteiger partial charge in [0.15, 0.2) is 0 Å². The maximum absolute atomic E-state index is 11.8.